The highest BCUT2D eigenvalue weighted by atomic mass is 19.4. The van der Waals surface area contributed by atoms with E-state index in [1.165, 1.54) is 0 Å². The zero-order valence-corrected chi connectivity index (χ0v) is 10.3. The Kier molecular flexibility index (Phi) is 3.79. The first-order valence-electron chi connectivity index (χ1n) is 5.60. The first-order chi connectivity index (χ1) is 9.77. The van der Waals surface area contributed by atoms with Gasteiger partial charge in [0.25, 0.3) is 5.91 Å². The van der Waals surface area contributed by atoms with Crippen LogP contribution in [0.1, 0.15) is 16.1 Å². The SMILES string of the molecule is O=C(Nc1ccc(C(F)(F)F)nc1)c1cc(F)ccc1O. The van der Waals surface area contributed by atoms with E-state index in [0.29, 0.717) is 6.07 Å². The van der Waals surface area contributed by atoms with Crippen molar-refractivity contribution >= 4 is 11.6 Å². The minimum absolute atomic E-state index is 0.0170. The molecule has 2 rings (SSSR count). The largest absolute Gasteiger partial charge is 0.507 e. The van der Waals surface area contributed by atoms with Crippen LogP contribution in [0, 0.1) is 5.82 Å². The van der Waals surface area contributed by atoms with Crippen LogP contribution in [0.4, 0.5) is 23.2 Å². The van der Waals surface area contributed by atoms with E-state index in [1.54, 1.807) is 0 Å². The molecule has 0 bridgehead atoms. The zero-order chi connectivity index (χ0) is 15.6. The Bertz CT molecular complexity index is 669. The second-order valence-electron chi connectivity index (χ2n) is 4.05. The normalized spacial score (nSPS) is 11.2. The van der Waals surface area contributed by atoms with Gasteiger partial charge in [-0.05, 0) is 30.3 Å². The maximum atomic E-state index is 13.0. The summed E-state index contributed by atoms with van der Waals surface area (Å²) in [4.78, 5) is 14.9. The van der Waals surface area contributed by atoms with Crippen molar-refractivity contribution in [2.45, 2.75) is 6.18 Å². The minimum atomic E-state index is -4.58. The monoisotopic (exact) mass is 300 g/mol. The molecule has 0 fully saturated rings. The van der Waals surface area contributed by atoms with Gasteiger partial charge in [0.05, 0.1) is 17.4 Å². The number of aromatic hydroxyl groups is 1. The van der Waals surface area contributed by atoms with Crippen molar-refractivity contribution in [1.82, 2.24) is 4.98 Å². The molecule has 2 aromatic rings. The van der Waals surface area contributed by atoms with Gasteiger partial charge in [-0.15, -0.1) is 0 Å². The summed E-state index contributed by atoms with van der Waals surface area (Å²) in [7, 11) is 0. The van der Waals surface area contributed by atoms with Crippen molar-refractivity contribution in [3.8, 4) is 5.75 Å². The van der Waals surface area contributed by atoms with Gasteiger partial charge in [-0.25, -0.2) is 9.37 Å². The summed E-state index contributed by atoms with van der Waals surface area (Å²) < 4.78 is 50.0. The Labute approximate surface area is 116 Å². The van der Waals surface area contributed by atoms with Gasteiger partial charge in [0.1, 0.15) is 17.3 Å². The van der Waals surface area contributed by atoms with Crippen LogP contribution in [0.15, 0.2) is 36.5 Å². The minimum Gasteiger partial charge on any atom is -0.507 e. The van der Waals surface area contributed by atoms with Crippen LogP contribution in [-0.2, 0) is 6.18 Å². The van der Waals surface area contributed by atoms with E-state index >= 15 is 0 Å². The summed E-state index contributed by atoms with van der Waals surface area (Å²) in [6.45, 7) is 0. The average molecular weight is 300 g/mol. The Hall–Kier alpha value is -2.64. The third-order valence-corrected chi connectivity index (χ3v) is 2.52. The van der Waals surface area contributed by atoms with Crippen LogP contribution in [0.3, 0.4) is 0 Å². The Balaban J connectivity index is 2.18. The molecule has 4 nitrogen and oxygen atoms in total. The number of pyridine rings is 1. The lowest BCUT2D eigenvalue weighted by Gasteiger charge is -2.08. The second-order valence-corrected chi connectivity index (χ2v) is 4.05. The number of phenolic OH excluding ortho intramolecular Hbond substituents is 1. The molecule has 1 aromatic heterocycles. The molecule has 0 aliphatic carbocycles. The number of phenols is 1. The van der Waals surface area contributed by atoms with Crippen molar-refractivity contribution in [2.24, 2.45) is 0 Å². The van der Waals surface area contributed by atoms with Crippen molar-refractivity contribution in [3.63, 3.8) is 0 Å². The number of rotatable bonds is 2. The fraction of sp³-hybridized carbons (Fsp3) is 0.0769. The van der Waals surface area contributed by atoms with Crippen LogP contribution in [0.25, 0.3) is 0 Å². The van der Waals surface area contributed by atoms with Crippen molar-refractivity contribution in [1.29, 1.82) is 0 Å². The van der Waals surface area contributed by atoms with E-state index in [0.717, 1.165) is 30.5 Å². The number of alkyl halides is 3. The van der Waals surface area contributed by atoms with Crippen LogP contribution in [-0.4, -0.2) is 16.0 Å². The highest BCUT2D eigenvalue weighted by molar-refractivity contribution is 6.06. The molecule has 0 unspecified atom stereocenters. The number of amides is 1. The molecule has 0 saturated heterocycles. The lowest BCUT2D eigenvalue weighted by Crippen LogP contribution is -2.13. The van der Waals surface area contributed by atoms with Gasteiger partial charge in [0, 0.05) is 0 Å². The summed E-state index contributed by atoms with van der Waals surface area (Å²) in [5, 5.41) is 11.7. The molecule has 1 amide bonds. The predicted molar refractivity (Wildman–Crippen MR) is 65.3 cm³/mol. The van der Waals surface area contributed by atoms with Gasteiger partial charge in [0.15, 0.2) is 0 Å². The number of nitrogens with one attached hydrogen (secondary N) is 1. The van der Waals surface area contributed by atoms with Gasteiger partial charge >= 0.3 is 6.18 Å². The first kappa shape index (κ1) is 14.8. The van der Waals surface area contributed by atoms with Crippen molar-refractivity contribution < 1.29 is 27.5 Å². The van der Waals surface area contributed by atoms with Crippen LogP contribution in [0.2, 0.25) is 0 Å². The fourth-order valence-electron chi connectivity index (χ4n) is 1.52. The lowest BCUT2D eigenvalue weighted by atomic mass is 10.2. The fourth-order valence-corrected chi connectivity index (χ4v) is 1.52. The van der Waals surface area contributed by atoms with E-state index in [1.807, 2.05) is 0 Å². The molecule has 8 heteroatoms. The third-order valence-electron chi connectivity index (χ3n) is 2.52. The number of halogens is 4. The number of nitrogens with zero attached hydrogens (tertiary/aromatic N) is 1. The lowest BCUT2D eigenvalue weighted by molar-refractivity contribution is -0.141. The maximum Gasteiger partial charge on any atom is 0.433 e. The Morgan fingerprint density at radius 1 is 1.19 bits per heavy atom. The summed E-state index contributed by atoms with van der Waals surface area (Å²) >= 11 is 0. The zero-order valence-electron chi connectivity index (χ0n) is 10.3. The molecule has 2 N–H and O–H groups in total. The maximum absolute atomic E-state index is 13.0. The summed E-state index contributed by atoms with van der Waals surface area (Å²) in [5.41, 5.74) is -1.46. The van der Waals surface area contributed by atoms with Crippen molar-refractivity contribution in [2.75, 3.05) is 5.32 Å². The standard InChI is InChI=1S/C13H8F4N2O2/c14-7-1-3-10(20)9(5-7)12(21)19-8-2-4-11(18-6-8)13(15,16)17/h1-6,20H,(H,19,21). The van der Waals surface area contributed by atoms with Gasteiger partial charge < -0.3 is 10.4 Å². The van der Waals surface area contributed by atoms with E-state index in [9.17, 15) is 27.5 Å². The number of carbonyl (C=O) groups is 1. The molecule has 0 saturated carbocycles. The number of hydrogen-bond donors (Lipinski definition) is 2. The van der Waals surface area contributed by atoms with Crippen molar-refractivity contribution in [3.05, 3.63) is 53.6 Å². The number of benzene rings is 1. The van der Waals surface area contributed by atoms with Gasteiger partial charge in [0.2, 0.25) is 0 Å². The van der Waals surface area contributed by atoms with Gasteiger partial charge in [-0.2, -0.15) is 13.2 Å². The van der Waals surface area contributed by atoms with E-state index in [4.69, 9.17) is 0 Å². The second kappa shape index (κ2) is 5.39. The molecule has 110 valence electrons. The predicted octanol–water partition coefficient (Wildman–Crippen LogP) is 3.20. The Morgan fingerprint density at radius 3 is 2.48 bits per heavy atom. The quantitative estimate of drug-likeness (QED) is 0.837. The molecule has 0 aliphatic heterocycles. The van der Waals surface area contributed by atoms with Crippen LogP contribution < -0.4 is 5.32 Å². The molecule has 0 spiro atoms. The molecular weight excluding hydrogens is 292 g/mol. The van der Waals surface area contributed by atoms with Crippen LogP contribution >= 0.6 is 0 Å². The average Bonchev–Trinajstić information content (AvgIpc) is 2.41. The van der Waals surface area contributed by atoms with Crippen LogP contribution in [0.5, 0.6) is 5.75 Å². The Morgan fingerprint density at radius 2 is 1.90 bits per heavy atom. The third kappa shape index (κ3) is 3.47. The summed E-state index contributed by atoms with van der Waals surface area (Å²) in [6, 6.07) is 4.47. The number of hydrogen-bond acceptors (Lipinski definition) is 3. The van der Waals surface area contributed by atoms with E-state index in [2.05, 4.69) is 10.3 Å². The molecular formula is C13H8F4N2O2. The van der Waals surface area contributed by atoms with Gasteiger partial charge in [-0.1, -0.05) is 0 Å². The smallest absolute Gasteiger partial charge is 0.433 e. The number of anilines is 1. The molecule has 0 aliphatic rings. The first-order valence-corrected chi connectivity index (χ1v) is 5.60. The summed E-state index contributed by atoms with van der Waals surface area (Å²) in [6.07, 6.45) is -3.76. The topological polar surface area (TPSA) is 62.2 Å². The molecule has 0 radical (unpaired) electrons. The number of carbonyl (C=O) groups excluding carboxylic acids is 1. The summed E-state index contributed by atoms with van der Waals surface area (Å²) in [5.74, 6) is -2.05. The molecule has 21 heavy (non-hydrogen) atoms. The molecule has 1 heterocycles. The highest BCUT2D eigenvalue weighted by Gasteiger charge is 2.32. The number of aromatic nitrogens is 1. The van der Waals surface area contributed by atoms with Gasteiger partial charge in [-0.3, -0.25) is 4.79 Å². The van der Waals surface area contributed by atoms with E-state index in [-0.39, 0.29) is 11.3 Å². The highest BCUT2D eigenvalue weighted by Crippen LogP contribution is 2.28. The molecule has 1 aromatic carbocycles. The van der Waals surface area contributed by atoms with E-state index < -0.39 is 29.3 Å². The molecule has 0 atom stereocenters.